The van der Waals surface area contributed by atoms with E-state index in [4.69, 9.17) is 0 Å². The smallest absolute Gasteiger partial charge is 0.145 e. The first-order valence-corrected chi connectivity index (χ1v) is 7.83. The number of carbonyl (C=O) groups is 1. The zero-order chi connectivity index (χ0) is 13.4. The Bertz CT molecular complexity index is 214. The van der Waals surface area contributed by atoms with Crippen LogP contribution >= 0.6 is 11.8 Å². The largest absolute Gasteiger partial charge is 0.314 e. The molecule has 17 heavy (non-hydrogen) atoms. The summed E-state index contributed by atoms with van der Waals surface area (Å²) >= 11 is 1.79. The number of rotatable bonds is 9. The van der Waals surface area contributed by atoms with Crippen molar-refractivity contribution < 1.29 is 4.79 Å². The van der Waals surface area contributed by atoms with Gasteiger partial charge < -0.3 is 5.32 Å². The maximum atomic E-state index is 11.5. The molecule has 1 atom stereocenters. The van der Waals surface area contributed by atoms with Crippen molar-refractivity contribution >= 4 is 17.5 Å². The maximum absolute atomic E-state index is 11.5. The quantitative estimate of drug-likeness (QED) is 0.689. The molecule has 0 aliphatic rings. The molecule has 0 spiro atoms. The molecule has 0 aromatic rings. The fourth-order valence-electron chi connectivity index (χ4n) is 1.35. The Morgan fingerprint density at radius 3 is 2.12 bits per heavy atom. The van der Waals surface area contributed by atoms with Crippen LogP contribution in [0.1, 0.15) is 41.5 Å². The van der Waals surface area contributed by atoms with Crippen molar-refractivity contribution in [1.82, 2.24) is 5.32 Å². The zero-order valence-electron chi connectivity index (χ0n) is 12.2. The third kappa shape index (κ3) is 8.67. The van der Waals surface area contributed by atoms with Crippen molar-refractivity contribution in [2.24, 2.45) is 17.8 Å². The monoisotopic (exact) mass is 259 g/mol. The normalized spacial score (nSPS) is 13.7. The molecule has 102 valence electrons. The third-order valence-corrected chi connectivity index (χ3v) is 4.10. The standard InChI is InChI=1S/C14H29NOS/c1-10(2)13(7-15-12(5)6)8-17-9-14(16)11(3)4/h10-13,15H,7-9H2,1-6H3/t13-/m1/s1. The summed E-state index contributed by atoms with van der Waals surface area (Å²) < 4.78 is 0. The Hall–Kier alpha value is -0.0200. The fourth-order valence-corrected chi connectivity index (χ4v) is 2.81. The van der Waals surface area contributed by atoms with Gasteiger partial charge in [0.25, 0.3) is 0 Å². The van der Waals surface area contributed by atoms with Crippen LogP contribution in [0.25, 0.3) is 0 Å². The molecule has 0 saturated carbocycles. The molecule has 0 heterocycles. The number of ketones is 1. The molecule has 0 unspecified atom stereocenters. The average Bonchev–Trinajstić information content (AvgIpc) is 2.21. The number of hydrogen-bond donors (Lipinski definition) is 1. The van der Waals surface area contributed by atoms with Gasteiger partial charge in [-0.05, 0) is 24.1 Å². The molecule has 0 aromatic heterocycles. The van der Waals surface area contributed by atoms with Crippen molar-refractivity contribution in [3.63, 3.8) is 0 Å². The summed E-state index contributed by atoms with van der Waals surface area (Å²) in [7, 11) is 0. The van der Waals surface area contributed by atoms with Gasteiger partial charge in [0.2, 0.25) is 0 Å². The van der Waals surface area contributed by atoms with Crippen molar-refractivity contribution in [1.29, 1.82) is 0 Å². The molecule has 0 fully saturated rings. The highest BCUT2D eigenvalue weighted by Gasteiger charge is 2.15. The molecular formula is C14H29NOS. The molecule has 0 rings (SSSR count). The maximum Gasteiger partial charge on any atom is 0.145 e. The van der Waals surface area contributed by atoms with Gasteiger partial charge >= 0.3 is 0 Å². The molecule has 1 N–H and O–H groups in total. The summed E-state index contributed by atoms with van der Waals surface area (Å²) in [5.74, 6) is 3.62. The van der Waals surface area contributed by atoms with Crippen LogP contribution in [0.5, 0.6) is 0 Å². The molecule has 0 saturated heterocycles. The Morgan fingerprint density at radius 2 is 1.71 bits per heavy atom. The fraction of sp³-hybridized carbons (Fsp3) is 0.929. The van der Waals surface area contributed by atoms with Crippen LogP contribution in [0.15, 0.2) is 0 Å². The summed E-state index contributed by atoms with van der Waals surface area (Å²) in [5.41, 5.74) is 0. The Kier molecular flexibility index (Phi) is 8.97. The second kappa shape index (κ2) is 8.98. The highest BCUT2D eigenvalue weighted by Crippen LogP contribution is 2.17. The van der Waals surface area contributed by atoms with Crippen LogP contribution in [0.4, 0.5) is 0 Å². The molecule has 2 nitrogen and oxygen atoms in total. The van der Waals surface area contributed by atoms with E-state index in [9.17, 15) is 4.79 Å². The second-order valence-electron chi connectivity index (χ2n) is 5.70. The first-order chi connectivity index (χ1) is 7.84. The average molecular weight is 259 g/mol. The number of thioether (sulfide) groups is 1. The first kappa shape index (κ1) is 17.0. The number of carbonyl (C=O) groups excluding carboxylic acids is 1. The van der Waals surface area contributed by atoms with Gasteiger partial charge in [-0.1, -0.05) is 41.5 Å². The van der Waals surface area contributed by atoms with Gasteiger partial charge in [0.05, 0.1) is 5.75 Å². The zero-order valence-corrected chi connectivity index (χ0v) is 13.1. The third-order valence-electron chi connectivity index (χ3n) is 2.95. The molecule has 0 aliphatic heterocycles. The Morgan fingerprint density at radius 1 is 1.12 bits per heavy atom. The molecule has 0 amide bonds. The van der Waals surface area contributed by atoms with E-state index < -0.39 is 0 Å². The highest BCUT2D eigenvalue weighted by molar-refractivity contribution is 7.99. The topological polar surface area (TPSA) is 29.1 Å². The van der Waals surface area contributed by atoms with Gasteiger partial charge in [-0.25, -0.2) is 0 Å². The van der Waals surface area contributed by atoms with E-state index in [1.54, 1.807) is 11.8 Å². The van der Waals surface area contributed by atoms with Gasteiger partial charge in [-0.15, -0.1) is 0 Å². The second-order valence-corrected chi connectivity index (χ2v) is 6.73. The lowest BCUT2D eigenvalue weighted by molar-refractivity contribution is -0.119. The van der Waals surface area contributed by atoms with Gasteiger partial charge in [-0.2, -0.15) is 11.8 Å². The first-order valence-electron chi connectivity index (χ1n) is 6.68. The van der Waals surface area contributed by atoms with Crippen LogP contribution in [0, 0.1) is 17.8 Å². The summed E-state index contributed by atoms with van der Waals surface area (Å²) in [6.07, 6.45) is 0. The molecular weight excluding hydrogens is 230 g/mol. The van der Waals surface area contributed by atoms with Crippen LogP contribution in [0.2, 0.25) is 0 Å². The Labute approximate surface area is 111 Å². The van der Waals surface area contributed by atoms with Crippen molar-refractivity contribution in [3.05, 3.63) is 0 Å². The van der Waals surface area contributed by atoms with Crippen molar-refractivity contribution in [3.8, 4) is 0 Å². The van der Waals surface area contributed by atoms with E-state index >= 15 is 0 Å². The van der Waals surface area contributed by atoms with E-state index in [1.165, 1.54) is 0 Å². The molecule has 0 radical (unpaired) electrons. The highest BCUT2D eigenvalue weighted by atomic mass is 32.2. The predicted octanol–water partition coefficient (Wildman–Crippen LogP) is 3.21. The molecule has 0 aromatic carbocycles. The van der Waals surface area contributed by atoms with Gasteiger partial charge in [0.1, 0.15) is 5.78 Å². The lowest BCUT2D eigenvalue weighted by Gasteiger charge is -2.22. The predicted molar refractivity (Wildman–Crippen MR) is 78.6 cm³/mol. The molecule has 0 bridgehead atoms. The molecule has 3 heteroatoms. The summed E-state index contributed by atoms with van der Waals surface area (Å²) in [6.45, 7) is 13.9. The minimum atomic E-state index is 0.175. The van der Waals surface area contributed by atoms with E-state index in [0.717, 1.165) is 12.3 Å². The lowest BCUT2D eigenvalue weighted by atomic mass is 9.98. The lowest BCUT2D eigenvalue weighted by Crippen LogP contribution is -2.32. The minimum Gasteiger partial charge on any atom is -0.314 e. The van der Waals surface area contributed by atoms with E-state index in [-0.39, 0.29) is 5.92 Å². The van der Waals surface area contributed by atoms with E-state index in [2.05, 4.69) is 33.0 Å². The summed E-state index contributed by atoms with van der Waals surface area (Å²) in [5, 5.41) is 3.49. The van der Waals surface area contributed by atoms with Crippen molar-refractivity contribution in [2.45, 2.75) is 47.6 Å². The van der Waals surface area contributed by atoms with E-state index in [1.807, 2.05) is 13.8 Å². The van der Waals surface area contributed by atoms with Crippen LogP contribution < -0.4 is 5.32 Å². The van der Waals surface area contributed by atoms with Crippen LogP contribution in [-0.4, -0.2) is 29.9 Å². The van der Waals surface area contributed by atoms with Gasteiger partial charge in [0, 0.05) is 12.0 Å². The van der Waals surface area contributed by atoms with Crippen molar-refractivity contribution in [2.75, 3.05) is 18.1 Å². The van der Waals surface area contributed by atoms with Gasteiger partial charge in [-0.3, -0.25) is 4.79 Å². The number of nitrogens with one attached hydrogen (secondary N) is 1. The minimum absolute atomic E-state index is 0.175. The van der Waals surface area contributed by atoms with Crippen LogP contribution in [0.3, 0.4) is 0 Å². The van der Waals surface area contributed by atoms with E-state index in [0.29, 0.717) is 29.4 Å². The van der Waals surface area contributed by atoms with Crippen LogP contribution in [-0.2, 0) is 4.79 Å². The molecule has 0 aliphatic carbocycles. The Balaban J connectivity index is 3.89. The number of hydrogen-bond acceptors (Lipinski definition) is 3. The summed E-state index contributed by atoms with van der Waals surface area (Å²) in [6, 6.07) is 0.540. The number of Topliss-reactive ketones (excluding diaryl/α,β-unsaturated/α-hetero) is 1. The summed E-state index contributed by atoms with van der Waals surface area (Å²) in [4.78, 5) is 11.5. The SMILES string of the molecule is CC(C)NC[C@H](CSCC(=O)C(C)C)C(C)C. The van der Waals surface area contributed by atoms with Gasteiger partial charge in [0.15, 0.2) is 0 Å².